The number of carbonyl (C=O) groups excluding carboxylic acids is 1. The number of halogens is 1. The van der Waals surface area contributed by atoms with Crippen molar-refractivity contribution in [2.75, 3.05) is 5.32 Å². The SMILES string of the molecule is CCCCCCC(=O)Nc1ccc(C(F)P(=O)([O-])O)cc1. The van der Waals surface area contributed by atoms with Gasteiger partial charge in [-0.25, -0.2) is 4.39 Å². The zero-order valence-electron chi connectivity index (χ0n) is 11.9. The van der Waals surface area contributed by atoms with Crippen molar-refractivity contribution in [3.63, 3.8) is 0 Å². The van der Waals surface area contributed by atoms with Crippen LogP contribution in [0.2, 0.25) is 0 Å². The van der Waals surface area contributed by atoms with E-state index in [9.17, 15) is 18.6 Å². The smallest absolute Gasteiger partial charge is 0.224 e. The summed E-state index contributed by atoms with van der Waals surface area (Å²) < 4.78 is 24.1. The van der Waals surface area contributed by atoms with Gasteiger partial charge in [-0.1, -0.05) is 38.3 Å². The van der Waals surface area contributed by atoms with E-state index in [0.717, 1.165) is 25.7 Å². The van der Waals surface area contributed by atoms with E-state index in [-0.39, 0.29) is 11.5 Å². The summed E-state index contributed by atoms with van der Waals surface area (Å²) in [6.07, 6.45) is 4.42. The second kappa shape index (κ2) is 8.27. The Morgan fingerprint density at radius 1 is 1.33 bits per heavy atom. The minimum Gasteiger partial charge on any atom is -0.776 e. The van der Waals surface area contributed by atoms with E-state index in [2.05, 4.69) is 12.2 Å². The van der Waals surface area contributed by atoms with Gasteiger partial charge < -0.3 is 19.7 Å². The summed E-state index contributed by atoms with van der Waals surface area (Å²) in [5.74, 6) is -2.58. The van der Waals surface area contributed by atoms with E-state index in [4.69, 9.17) is 4.89 Å². The lowest BCUT2D eigenvalue weighted by molar-refractivity contribution is -0.199. The van der Waals surface area contributed by atoms with Crippen molar-refractivity contribution in [2.24, 2.45) is 0 Å². The molecule has 7 heteroatoms. The maximum absolute atomic E-state index is 13.4. The summed E-state index contributed by atoms with van der Waals surface area (Å²) in [6.45, 7) is 2.09. The number of amides is 1. The van der Waals surface area contributed by atoms with Gasteiger partial charge in [-0.15, -0.1) is 0 Å². The first-order valence-corrected chi connectivity index (χ1v) is 8.56. The first kappa shape index (κ1) is 17.8. The van der Waals surface area contributed by atoms with Crippen molar-refractivity contribution in [3.8, 4) is 0 Å². The average molecular weight is 316 g/mol. The first-order chi connectivity index (χ1) is 9.84. The average Bonchev–Trinajstić information content (AvgIpc) is 2.43. The van der Waals surface area contributed by atoms with Gasteiger partial charge in [0.1, 0.15) is 0 Å². The summed E-state index contributed by atoms with van der Waals surface area (Å²) in [5.41, 5.74) is 0.293. The Hall–Kier alpha value is -1.23. The lowest BCUT2D eigenvalue weighted by atomic mass is 10.1. The number of alkyl halides is 1. The molecule has 0 aliphatic heterocycles. The summed E-state index contributed by atoms with van der Waals surface area (Å²) >= 11 is 0. The molecule has 0 aliphatic rings. The molecule has 0 fully saturated rings. The predicted molar refractivity (Wildman–Crippen MR) is 77.5 cm³/mol. The predicted octanol–water partition coefficient (Wildman–Crippen LogP) is 3.11. The van der Waals surface area contributed by atoms with Crippen LogP contribution in [-0.4, -0.2) is 10.8 Å². The number of unbranched alkanes of at least 4 members (excludes halogenated alkanes) is 3. The third-order valence-electron chi connectivity index (χ3n) is 3.01. The normalized spacial score (nSPS) is 15.2. The monoisotopic (exact) mass is 316 g/mol. The van der Waals surface area contributed by atoms with Crippen LogP contribution in [0.25, 0.3) is 0 Å². The van der Waals surface area contributed by atoms with E-state index < -0.39 is 13.5 Å². The van der Waals surface area contributed by atoms with Gasteiger partial charge >= 0.3 is 0 Å². The Balaban J connectivity index is 2.51. The van der Waals surface area contributed by atoms with Crippen molar-refractivity contribution in [1.82, 2.24) is 0 Å². The molecule has 0 saturated carbocycles. The zero-order valence-corrected chi connectivity index (χ0v) is 12.8. The highest BCUT2D eigenvalue weighted by Gasteiger charge is 2.21. The molecule has 1 aromatic carbocycles. The lowest BCUT2D eigenvalue weighted by Gasteiger charge is -2.20. The van der Waals surface area contributed by atoms with Crippen molar-refractivity contribution >= 4 is 19.2 Å². The second-order valence-corrected chi connectivity index (χ2v) is 6.46. The fourth-order valence-corrected chi connectivity index (χ4v) is 2.40. The van der Waals surface area contributed by atoms with E-state index in [1.165, 1.54) is 24.3 Å². The third kappa shape index (κ3) is 6.38. The van der Waals surface area contributed by atoms with Crippen LogP contribution in [0.1, 0.15) is 50.5 Å². The maximum atomic E-state index is 13.4. The van der Waals surface area contributed by atoms with E-state index in [1.54, 1.807) is 0 Å². The first-order valence-electron chi connectivity index (χ1n) is 6.92. The fourth-order valence-electron chi connectivity index (χ4n) is 1.85. The number of benzene rings is 1. The zero-order chi connectivity index (χ0) is 15.9. The van der Waals surface area contributed by atoms with Gasteiger partial charge in [-0.05, 0) is 24.1 Å². The number of rotatable bonds is 8. The molecule has 1 amide bonds. The minimum atomic E-state index is -5.05. The van der Waals surface area contributed by atoms with Crippen molar-refractivity contribution in [1.29, 1.82) is 0 Å². The molecule has 0 saturated heterocycles. The molecule has 2 unspecified atom stereocenters. The minimum absolute atomic E-state index is 0.132. The Labute approximate surface area is 123 Å². The van der Waals surface area contributed by atoms with Gasteiger partial charge in [-0.3, -0.25) is 4.79 Å². The van der Waals surface area contributed by atoms with Gasteiger partial charge in [0.05, 0.1) is 0 Å². The molecule has 0 bridgehead atoms. The highest BCUT2D eigenvalue weighted by atomic mass is 31.2. The van der Waals surface area contributed by atoms with Crippen LogP contribution in [0.15, 0.2) is 24.3 Å². The summed E-state index contributed by atoms with van der Waals surface area (Å²) in [6, 6.07) is 5.25. The largest absolute Gasteiger partial charge is 0.776 e. The second-order valence-electron chi connectivity index (χ2n) is 4.88. The fraction of sp³-hybridized carbons (Fsp3) is 0.500. The topological polar surface area (TPSA) is 89.5 Å². The van der Waals surface area contributed by atoms with Gasteiger partial charge in [0.15, 0.2) is 13.5 Å². The van der Waals surface area contributed by atoms with E-state index >= 15 is 0 Å². The molecular formula is C14H20FNO4P-. The molecule has 0 radical (unpaired) electrons. The van der Waals surface area contributed by atoms with Crippen LogP contribution in [-0.2, 0) is 9.36 Å². The van der Waals surface area contributed by atoms with E-state index in [0.29, 0.717) is 12.1 Å². The number of hydrogen-bond acceptors (Lipinski definition) is 3. The standard InChI is InChI=1S/C14H21FNO4P/c1-2-3-4-5-6-13(17)16-12-9-7-11(8-10-12)14(15)21(18,19)20/h7-10,14H,2-6H2,1H3,(H,16,17)(H2,18,19,20)/p-1. The molecule has 5 nitrogen and oxygen atoms in total. The molecule has 0 aliphatic carbocycles. The quantitative estimate of drug-likeness (QED) is 0.569. The van der Waals surface area contributed by atoms with Crippen molar-refractivity contribution in [3.05, 3.63) is 29.8 Å². The molecule has 2 atom stereocenters. The number of nitrogens with one attached hydrogen (secondary N) is 1. The highest BCUT2D eigenvalue weighted by Crippen LogP contribution is 2.48. The van der Waals surface area contributed by atoms with Crippen LogP contribution < -0.4 is 10.2 Å². The Morgan fingerprint density at radius 2 is 1.95 bits per heavy atom. The number of carbonyl (C=O) groups is 1. The van der Waals surface area contributed by atoms with Crippen LogP contribution in [0, 0.1) is 0 Å². The molecule has 1 aromatic rings. The van der Waals surface area contributed by atoms with Crippen LogP contribution in [0.4, 0.5) is 10.1 Å². The van der Waals surface area contributed by atoms with Gasteiger partial charge in [0.2, 0.25) is 5.91 Å². The van der Waals surface area contributed by atoms with E-state index in [1.807, 2.05) is 0 Å². The van der Waals surface area contributed by atoms with Crippen LogP contribution in [0.5, 0.6) is 0 Å². The molecule has 118 valence electrons. The Morgan fingerprint density at radius 3 is 2.48 bits per heavy atom. The summed E-state index contributed by atoms with van der Waals surface area (Å²) in [5, 5.41) is 2.65. The summed E-state index contributed by atoms with van der Waals surface area (Å²) in [7, 11) is -5.05. The van der Waals surface area contributed by atoms with Crippen LogP contribution >= 0.6 is 7.60 Å². The molecule has 1 rings (SSSR count). The third-order valence-corrected chi connectivity index (χ3v) is 3.88. The van der Waals surface area contributed by atoms with Crippen LogP contribution in [0.3, 0.4) is 0 Å². The molecular weight excluding hydrogens is 296 g/mol. The Kier molecular flexibility index (Phi) is 7.02. The van der Waals surface area contributed by atoms with Gasteiger partial charge in [0, 0.05) is 12.1 Å². The van der Waals surface area contributed by atoms with Gasteiger partial charge in [-0.2, -0.15) is 0 Å². The molecule has 0 aromatic heterocycles. The summed E-state index contributed by atoms with van der Waals surface area (Å²) in [4.78, 5) is 31.0. The van der Waals surface area contributed by atoms with Crippen molar-refractivity contribution < 1.29 is 23.5 Å². The maximum Gasteiger partial charge on any atom is 0.224 e. The highest BCUT2D eigenvalue weighted by molar-refractivity contribution is 7.50. The molecule has 0 spiro atoms. The molecule has 21 heavy (non-hydrogen) atoms. The van der Waals surface area contributed by atoms with Gasteiger partial charge in [0.25, 0.3) is 0 Å². The molecule has 0 heterocycles. The number of anilines is 1. The molecule has 2 N–H and O–H groups in total. The lowest BCUT2D eigenvalue weighted by Crippen LogP contribution is -2.11. The van der Waals surface area contributed by atoms with Crippen molar-refractivity contribution in [2.45, 2.75) is 44.9 Å². The number of hydrogen-bond donors (Lipinski definition) is 2. The Bertz CT molecular complexity index is 500.